The van der Waals surface area contributed by atoms with Crippen LogP contribution in [0, 0.1) is 11.8 Å². The number of aryl methyl sites for hydroxylation is 1. The summed E-state index contributed by atoms with van der Waals surface area (Å²) in [5.74, 6) is 1.38. The summed E-state index contributed by atoms with van der Waals surface area (Å²) in [4.78, 5) is 18.5. The predicted molar refractivity (Wildman–Crippen MR) is 85.9 cm³/mol. The van der Waals surface area contributed by atoms with E-state index in [2.05, 4.69) is 35.9 Å². The van der Waals surface area contributed by atoms with E-state index < -0.39 is 0 Å². The molecule has 21 heavy (non-hydrogen) atoms. The molecule has 2 rings (SSSR count). The SMILES string of the molecule is CCC(CC)C(=O)N1CCC(CCc2ccncc2)CC1. The number of amides is 1. The monoisotopic (exact) mass is 288 g/mol. The minimum atomic E-state index is 0.235. The number of aromatic nitrogens is 1. The number of carbonyl (C=O) groups excluding carboxylic acids is 1. The van der Waals surface area contributed by atoms with Gasteiger partial charge in [0.2, 0.25) is 5.91 Å². The summed E-state index contributed by atoms with van der Waals surface area (Å²) in [6.45, 7) is 6.15. The van der Waals surface area contributed by atoms with E-state index in [0.29, 0.717) is 5.91 Å². The Kier molecular flexibility index (Phi) is 6.21. The fraction of sp³-hybridized carbons (Fsp3) is 0.667. The molecule has 0 aliphatic carbocycles. The number of nitrogens with zero attached hydrogens (tertiary/aromatic N) is 2. The first-order valence-electron chi connectivity index (χ1n) is 8.42. The maximum absolute atomic E-state index is 12.4. The zero-order valence-electron chi connectivity index (χ0n) is 13.4. The van der Waals surface area contributed by atoms with Gasteiger partial charge in [0.15, 0.2) is 0 Å². The first-order chi connectivity index (χ1) is 10.2. The van der Waals surface area contributed by atoms with Crippen LogP contribution in [0.15, 0.2) is 24.5 Å². The number of carbonyl (C=O) groups is 1. The lowest BCUT2D eigenvalue weighted by Gasteiger charge is -2.34. The van der Waals surface area contributed by atoms with Gasteiger partial charge in [0, 0.05) is 31.4 Å². The molecule has 0 radical (unpaired) electrons. The second-order valence-corrected chi connectivity index (χ2v) is 6.18. The van der Waals surface area contributed by atoms with Gasteiger partial charge in [0.25, 0.3) is 0 Å². The minimum absolute atomic E-state index is 0.235. The third kappa shape index (κ3) is 4.55. The fourth-order valence-corrected chi connectivity index (χ4v) is 3.26. The van der Waals surface area contributed by atoms with Crippen molar-refractivity contribution < 1.29 is 4.79 Å². The Balaban J connectivity index is 1.74. The standard InChI is InChI=1S/C18H28N2O/c1-3-17(4-2)18(21)20-13-9-16(10-14-20)6-5-15-7-11-19-12-8-15/h7-8,11-12,16-17H,3-6,9-10,13-14H2,1-2H3. The van der Waals surface area contributed by atoms with Crippen LogP contribution in [0.2, 0.25) is 0 Å². The fourth-order valence-electron chi connectivity index (χ4n) is 3.26. The van der Waals surface area contributed by atoms with Crippen molar-refractivity contribution in [2.24, 2.45) is 11.8 Å². The van der Waals surface area contributed by atoms with Crippen molar-refractivity contribution in [1.82, 2.24) is 9.88 Å². The topological polar surface area (TPSA) is 33.2 Å². The summed E-state index contributed by atoms with van der Waals surface area (Å²) in [7, 11) is 0. The molecule has 0 bridgehead atoms. The molecule has 1 aliphatic heterocycles. The number of hydrogen-bond acceptors (Lipinski definition) is 2. The second-order valence-electron chi connectivity index (χ2n) is 6.18. The molecule has 1 aromatic rings. The van der Waals surface area contributed by atoms with Crippen LogP contribution in [0.1, 0.15) is 51.5 Å². The molecule has 0 aromatic carbocycles. The van der Waals surface area contributed by atoms with E-state index in [1.54, 1.807) is 0 Å². The van der Waals surface area contributed by atoms with E-state index in [-0.39, 0.29) is 5.92 Å². The maximum atomic E-state index is 12.4. The molecular weight excluding hydrogens is 260 g/mol. The Hall–Kier alpha value is -1.38. The van der Waals surface area contributed by atoms with Gasteiger partial charge in [-0.15, -0.1) is 0 Å². The maximum Gasteiger partial charge on any atom is 0.225 e. The van der Waals surface area contributed by atoms with E-state index in [1.165, 1.54) is 12.0 Å². The van der Waals surface area contributed by atoms with Crippen LogP contribution in [0.5, 0.6) is 0 Å². The van der Waals surface area contributed by atoms with Gasteiger partial charge < -0.3 is 4.90 Å². The molecule has 116 valence electrons. The first-order valence-corrected chi connectivity index (χ1v) is 8.42. The van der Waals surface area contributed by atoms with E-state index in [4.69, 9.17) is 0 Å². The number of pyridine rings is 1. The highest BCUT2D eigenvalue weighted by Gasteiger charge is 2.26. The molecule has 1 fully saturated rings. The third-order valence-electron chi connectivity index (χ3n) is 4.85. The van der Waals surface area contributed by atoms with Crippen molar-refractivity contribution in [2.45, 2.75) is 52.4 Å². The van der Waals surface area contributed by atoms with Gasteiger partial charge in [0.1, 0.15) is 0 Å². The van der Waals surface area contributed by atoms with Crippen molar-refractivity contribution in [2.75, 3.05) is 13.1 Å². The summed E-state index contributed by atoms with van der Waals surface area (Å²) in [6.07, 6.45) is 10.4. The Morgan fingerprint density at radius 1 is 1.24 bits per heavy atom. The summed E-state index contributed by atoms with van der Waals surface area (Å²) in [6, 6.07) is 4.21. The van der Waals surface area contributed by atoms with Crippen LogP contribution < -0.4 is 0 Å². The van der Waals surface area contributed by atoms with Crippen LogP contribution >= 0.6 is 0 Å². The lowest BCUT2D eigenvalue weighted by Crippen LogP contribution is -2.41. The highest BCUT2D eigenvalue weighted by Crippen LogP contribution is 2.24. The van der Waals surface area contributed by atoms with Gasteiger partial charge in [-0.3, -0.25) is 9.78 Å². The van der Waals surface area contributed by atoms with Crippen LogP contribution in [0.25, 0.3) is 0 Å². The Morgan fingerprint density at radius 2 is 1.86 bits per heavy atom. The van der Waals surface area contributed by atoms with E-state index in [0.717, 1.165) is 51.1 Å². The zero-order chi connectivity index (χ0) is 15.1. The molecule has 0 saturated carbocycles. The quantitative estimate of drug-likeness (QED) is 0.800. The number of likely N-dealkylation sites (tertiary alicyclic amines) is 1. The van der Waals surface area contributed by atoms with Crippen LogP contribution in [-0.2, 0) is 11.2 Å². The normalized spacial score (nSPS) is 16.4. The third-order valence-corrected chi connectivity index (χ3v) is 4.85. The molecule has 1 amide bonds. The van der Waals surface area contributed by atoms with Crippen molar-refractivity contribution in [3.63, 3.8) is 0 Å². The summed E-state index contributed by atoms with van der Waals surface area (Å²) in [5.41, 5.74) is 1.38. The van der Waals surface area contributed by atoms with Gasteiger partial charge >= 0.3 is 0 Å². The summed E-state index contributed by atoms with van der Waals surface area (Å²) in [5, 5.41) is 0. The number of hydrogen-bond donors (Lipinski definition) is 0. The van der Waals surface area contributed by atoms with Crippen molar-refractivity contribution in [1.29, 1.82) is 0 Å². The smallest absolute Gasteiger partial charge is 0.225 e. The first kappa shape index (κ1) is 16.0. The van der Waals surface area contributed by atoms with Gasteiger partial charge in [-0.25, -0.2) is 0 Å². The van der Waals surface area contributed by atoms with Crippen LogP contribution in [0.3, 0.4) is 0 Å². The number of rotatable bonds is 6. The molecule has 0 atom stereocenters. The van der Waals surface area contributed by atoms with E-state index >= 15 is 0 Å². The summed E-state index contributed by atoms with van der Waals surface area (Å²) >= 11 is 0. The molecule has 0 spiro atoms. The van der Waals surface area contributed by atoms with E-state index in [9.17, 15) is 4.79 Å². The predicted octanol–water partition coefficient (Wildman–Crippen LogP) is 3.69. The highest BCUT2D eigenvalue weighted by atomic mass is 16.2. The van der Waals surface area contributed by atoms with E-state index in [1.807, 2.05) is 12.4 Å². The Morgan fingerprint density at radius 3 is 2.43 bits per heavy atom. The average molecular weight is 288 g/mol. The summed E-state index contributed by atoms with van der Waals surface area (Å²) < 4.78 is 0. The molecule has 0 unspecified atom stereocenters. The molecule has 2 heterocycles. The van der Waals surface area contributed by atoms with Gasteiger partial charge in [-0.1, -0.05) is 13.8 Å². The molecule has 0 N–H and O–H groups in total. The molecule has 1 saturated heterocycles. The highest BCUT2D eigenvalue weighted by molar-refractivity contribution is 5.78. The largest absolute Gasteiger partial charge is 0.342 e. The Labute approximate surface area is 128 Å². The van der Waals surface area contributed by atoms with Gasteiger partial charge in [-0.05, 0) is 62.1 Å². The molecular formula is C18H28N2O. The van der Waals surface area contributed by atoms with Crippen molar-refractivity contribution >= 4 is 5.91 Å². The van der Waals surface area contributed by atoms with Crippen molar-refractivity contribution in [3.8, 4) is 0 Å². The Bertz CT molecular complexity index is 420. The van der Waals surface area contributed by atoms with Crippen molar-refractivity contribution in [3.05, 3.63) is 30.1 Å². The zero-order valence-corrected chi connectivity index (χ0v) is 13.4. The molecule has 1 aromatic heterocycles. The lowest BCUT2D eigenvalue weighted by atomic mass is 9.90. The lowest BCUT2D eigenvalue weighted by molar-refractivity contribution is -0.137. The molecule has 3 nitrogen and oxygen atoms in total. The minimum Gasteiger partial charge on any atom is -0.342 e. The second kappa shape index (κ2) is 8.16. The molecule has 1 aliphatic rings. The van der Waals surface area contributed by atoms with Crippen LogP contribution in [-0.4, -0.2) is 28.9 Å². The van der Waals surface area contributed by atoms with Gasteiger partial charge in [0.05, 0.1) is 0 Å². The molecule has 3 heteroatoms. The van der Waals surface area contributed by atoms with Gasteiger partial charge in [-0.2, -0.15) is 0 Å². The number of piperidine rings is 1. The van der Waals surface area contributed by atoms with Crippen LogP contribution in [0.4, 0.5) is 0 Å². The average Bonchev–Trinajstić information content (AvgIpc) is 2.55.